The summed E-state index contributed by atoms with van der Waals surface area (Å²) < 4.78 is 7.29. The number of oxazole rings is 1. The molecule has 8 heteroatoms. The molecular weight excluding hydrogens is 366 g/mol. The van der Waals surface area contributed by atoms with E-state index in [4.69, 9.17) is 4.42 Å². The summed E-state index contributed by atoms with van der Waals surface area (Å²) in [5.74, 6) is 1.40. The van der Waals surface area contributed by atoms with Crippen LogP contribution < -0.4 is 10.6 Å². The van der Waals surface area contributed by atoms with E-state index in [0.717, 1.165) is 29.1 Å². The summed E-state index contributed by atoms with van der Waals surface area (Å²) in [6.07, 6.45) is 5.52. The molecule has 2 aromatic heterocycles. The second kappa shape index (κ2) is 7.94. The average Bonchev–Trinajstić information content (AvgIpc) is 3.35. The largest absolute Gasteiger partial charge is 0.441 e. The Morgan fingerprint density at radius 2 is 2.04 bits per heavy atom. The number of halogens is 1. The van der Waals surface area contributed by atoms with E-state index in [2.05, 4.69) is 20.7 Å². The molecule has 3 heterocycles. The Balaban J connectivity index is 0.00000210. The van der Waals surface area contributed by atoms with Crippen molar-refractivity contribution in [3.8, 4) is 11.3 Å². The monoisotopic (exact) mass is 387 g/mol. The highest BCUT2D eigenvalue weighted by atomic mass is 35.5. The number of carbonyl (C=O) groups is 1. The third kappa shape index (κ3) is 4.04. The summed E-state index contributed by atoms with van der Waals surface area (Å²) in [5.41, 5.74) is 2.79. The van der Waals surface area contributed by atoms with E-state index in [1.165, 1.54) is 0 Å². The predicted octanol–water partition coefficient (Wildman–Crippen LogP) is 2.75. The van der Waals surface area contributed by atoms with Crippen LogP contribution in [-0.4, -0.2) is 33.8 Å². The van der Waals surface area contributed by atoms with Crippen molar-refractivity contribution >= 4 is 24.0 Å². The molecule has 3 aromatic rings. The van der Waals surface area contributed by atoms with Gasteiger partial charge in [-0.1, -0.05) is 0 Å². The molecule has 1 amide bonds. The summed E-state index contributed by atoms with van der Waals surface area (Å²) in [7, 11) is 1.89. The standard InChI is InChI=1S/C19H21N5O2.ClH/c1-12-21-10-18(26-12)13-3-5-15(6-4-13)23-19(25)17-9-20-8-16(17)14-7-22-24(2)11-14;/h3-7,10-11,16-17,20H,8-9H2,1-2H3,(H,23,25);1H/t16-,17+;/m1./s1. The number of amides is 1. The summed E-state index contributed by atoms with van der Waals surface area (Å²) >= 11 is 0. The summed E-state index contributed by atoms with van der Waals surface area (Å²) in [5, 5.41) is 10.6. The molecule has 0 saturated carbocycles. The van der Waals surface area contributed by atoms with Gasteiger partial charge >= 0.3 is 0 Å². The van der Waals surface area contributed by atoms with Crippen molar-refractivity contribution in [3.63, 3.8) is 0 Å². The topological polar surface area (TPSA) is 85.0 Å². The normalized spacial score (nSPS) is 18.9. The molecule has 0 spiro atoms. The molecule has 4 rings (SSSR count). The molecular formula is C19H22ClN5O2. The Morgan fingerprint density at radius 1 is 1.26 bits per heavy atom. The second-order valence-corrected chi connectivity index (χ2v) is 6.63. The number of aromatic nitrogens is 3. The van der Waals surface area contributed by atoms with Crippen molar-refractivity contribution in [1.82, 2.24) is 20.1 Å². The van der Waals surface area contributed by atoms with Crippen molar-refractivity contribution in [2.45, 2.75) is 12.8 Å². The van der Waals surface area contributed by atoms with Gasteiger partial charge in [-0.25, -0.2) is 4.98 Å². The number of anilines is 1. The van der Waals surface area contributed by atoms with Gasteiger partial charge in [-0.05, 0) is 29.8 Å². The van der Waals surface area contributed by atoms with Crippen LogP contribution in [0.25, 0.3) is 11.3 Å². The van der Waals surface area contributed by atoms with Gasteiger partial charge in [-0.15, -0.1) is 12.4 Å². The predicted molar refractivity (Wildman–Crippen MR) is 105 cm³/mol. The minimum atomic E-state index is -0.115. The molecule has 27 heavy (non-hydrogen) atoms. The highest BCUT2D eigenvalue weighted by Gasteiger charge is 2.34. The minimum absolute atomic E-state index is 0. The maximum Gasteiger partial charge on any atom is 0.229 e. The molecule has 0 radical (unpaired) electrons. The smallest absolute Gasteiger partial charge is 0.229 e. The molecule has 1 aliphatic rings. The first kappa shape index (κ1) is 19.1. The fraction of sp³-hybridized carbons (Fsp3) is 0.316. The van der Waals surface area contributed by atoms with Crippen molar-refractivity contribution in [2.24, 2.45) is 13.0 Å². The van der Waals surface area contributed by atoms with Crippen LogP contribution >= 0.6 is 12.4 Å². The third-order valence-corrected chi connectivity index (χ3v) is 4.76. The van der Waals surface area contributed by atoms with Gasteiger partial charge < -0.3 is 15.1 Å². The number of rotatable bonds is 4. The molecule has 0 unspecified atom stereocenters. The summed E-state index contributed by atoms with van der Waals surface area (Å²) in [4.78, 5) is 16.9. The first-order chi connectivity index (χ1) is 12.6. The van der Waals surface area contributed by atoms with Crippen molar-refractivity contribution in [1.29, 1.82) is 0 Å². The van der Waals surface area contributed by atoms with Crippen LogP contribution in [-0.2, 0) is 11.8 Å². The lowest BCUT2D eigenvalue weighted by Crippen LogP contribution is -2.28. The van der Waals surface area contributed by atoms with Gasteiger partial charge in [0.15, 0.2) is 11.7 Å². The maximum absolute atomic E-state index is 12.8. The minimum Gasteiger partial charge on any atom is -0.441 e. The Morgan fingerprint density at radius 3 is 2.67 bits per heavy atom. The molecule has 1 saturated heterocycles. The van der Waals surface area contributed by atoms with Crippen LogP contribution in [0.2, 0.25) is 0 Å². The molecule has 142 valence electrons. The van der Waals surface area contributed by atoms with Crippen LogP contribution in [0, 0.1) is 12.8 Å². The highest BCUT2D eigenvalue weighted by Crippen LogP contribution is 2.29. The summed E-state index contributed by atoms with van der Waals surface area (Å²) in [6, 6.07) is 7.60. The lowest BCUT2D eigenvalue weighted by Gasteiger charge is -2.17. The number of nitrogens with one attached hydrogen (secondary N) is 2. The number of hydrogen-bond donors (Lipinski definition) is 2. The van der Waals surface area contributed by atoms with Crippen molar-refractivity contribution in [2.75, 3.05) is 18.4 Å². The molecule has 1 fully saturated rings. The zero-order chi connectivity index (χ0) is 18.1. The van der Waals surface area contributed by atoms with Crippen LogP contribution in [0.5, 0.6) is 0 Å². The van der Waals surface area contributed by atoms with Crippen LogP contribution in [0.4, 0.5) is 5.69 Å². The van der Waals surface area contributed by atoms with E-state index >= 15 is 0 Å². The third-order valence-electron chi connectivity index (χ3n) is 4.76. The SMILES string of the molecule is Cc1ncc(-c2ccc(NC(=O)[C@H]3CNC[C@@H]3c3cnn(C)c3)cc2)o1.Cl. The number of carbonyl (C=O) groups excluding carboxylic acids is 1. The fourth-order valence-electron chi connectivity index (χ4n) is 3.38. The van der Waals surface area contributed by atoms with E-state index in [1.54, 1.807) is 10.9 Å². The van der Waals surface area contributed by atoms with Gasteiger partial charge in [-0.2, -0.15) is 5.10 Å². The van der Waals surface area contributed by atoms with E-state index in [9.17, 15) is 4.79 Å². The first-order valence-electron chi connectivity index (χ1n) is 8.63. The molecule has 1 aliphatic heterocycles. The van der Waals surface area contributed by atoms with Crippen LogP contribution in [0.3, 0.4) is 0 Å². The molecule has 7 nitrogen and oxygen atoms in total. The zero-order valence-electron chi connectivity index (χ0n) is 15.2. The Kier molecular flexibility index (Phi) is 5.62. The highest BCUT2D eigenvalue weighted by molar-refractivity contribution is 5.93. The van der Waals surface area contributed by atoms with E-state index in [-0.39, 0.29) is 30.2 Å². The number of nitrogens with zero attached hydrogens (tertiary/aromatic N) is 3. The molecule has 1 aromatic carbocycles. The molecule has 0 aliphatic carbocycles. The van der Waals surface area contributed by atoms with E-state index in [1.807, 2.05) is 50.6 Å². The number of benzene rings is 1. The Bertz CT molecular complexity index is 918. The van der Waals surface area contributed by atoms with E-state index in [0.29, 0.717) is 12.4 Å². The van der Waals surface area contributed by atoms with Gasteiger partial charge in [0, 0.05) is 50.4 Å². The summed E-state index contributed by atoms with van der Waals surface area (Å²) in [6.45, 7) is 3.26. The number of aryl methyl sites for hydroxylation is 2. The molecule has 2 N–H and O–H groups in total. The van der Waals surface area contributed by atoms with Crippen LogP contribution in [0.15, 0.2) is 47.3 Å². The van der Waals surface area contributed by atoms with E-state index < -0.39 is 0 Å². The fourth-order valence-corrected chi connectivity index (χ4v) is 3.38. The maximum atomic E-state index is 12.8. The second-order valence-electron chi connectivity index (χ2n) is 6.63. The Hall–Kier alpha value is -2.64. The first-order valence-corrected chi connectivity index (χ1v) is 8.63. The molecule has 0 bridgehead atoms. The van der Waals surface area contributed by atoms with Gasteiger partial charge in [0.2, 0.25) is 5.91 Å². The quantitative estimate of drug-likeness (QED) is 0.719. The van der Waals surface area contributed by atoms with Crippen molar-refractivity contribution in [3.05, 3.63) is 54.3 Å². The zero-order valence-corrected chi connectivity index (χ0v) is 16.0. The van der Waals surface area contributed by atoms with Crippen molar-refractivity contribution < 1.29 is 9.21 Å². The number of hydrogen-bond acceptors (Lipinski definition) is 5. The van der Waals surface area contributed by atoms with Crippen LogP contribution in [0.1, 0.15) is 17.4 Å². The lowest BCUT2D eigenvalue weighted by atomic mass is 9.90. The lowest BCUT2D eigenvalue weighted by molar-refractivity contribution is -0.119. The average molecular weight is 388 g/mol. The van der Waals surface area contributed by atoms with Gasteiger partial charge in [0.05, 0.1) is 18.3 Å². The van der Waals surface area contributed by atoms with Gasteiger partial charge in [-0.3, -0.25) is 9.48 Å². The van der Waals surface area contributed by atoms with Gasteiger partial charge in [0.1, 0.15) is 0 Å². The Labute approximate surface area is 163 Å². The van der Waals surface area contributed by atoms with Gasteiger partial charge in [0.25, 0.3) is 0 Å². The molecule has 2 atom stereocenters.